The highest BCUT2D eigenvalue weighted by Crippen LogP contribution is 2.16. The Balaban J connectivity index is 1.96. The summed E-state index contributed by atoms with van der Waals surface area (Å²) in [5.74, 6) is 5.73. The molecule has 2 aromatic rings. The molecule has 0 bridgehead atoms. The van der Waals surface area contributed by atoms with Gasteiger partial charge in [0, 0.05) is 18.8 Å². The second-order valence-electron chi connectivity index (χ2n) is 5.06. The molecule has 0 unspecified atom stereocenters. The molecule has 134 valence electrons. The van der Waals surface area contributed by atoms with Crippen LogP contribution in [0.3, 0.4) is 0 Å². The van der Waals surface area contributed by atoms with Crippen LogP contribution in [-0.4, -0.2) is 45.8 Å². The fraction of sp³-hybridized carbons (Fsp3) is 0.333. The molecule has 10 heteroatoms. The van der Waals surface area contributed by atoms with E-state index in [0.717, 1.165) is 30.4 Å². The Bertz CT molecular complexity index is 724. The summed E-state index contributed by atoms with van der Waals surface area (Å²) >= 11 is 1.11. The molecule has 0 atom stereocenters. The van der Waals surface area contributed by atoms with Crippen LogP contribution in [0.15, 0.2) is 34.5 Å². The zero-order valence-corrected chi connectivity index (χ0v) is 15.0. The third-order valence-electron chi connectivity index (χ3n) is 3.41. The first-order valence-electron chi connectivity index (χ1n) is 7.80. The number of thioether (sulfide) groups is 1. The van der Waals surface area contributed by atoms with E-state index in [9.17, 15) is 4.79 Å². The first kappa shape index (κ1) is 18.6. The number of carbonyl (C=O) groups is 1. The maximum Gasteiger partial charge on any atom is 0.264 e. The van der Waals surface area contributed by atoms with E-state index in [-0.39, 0.29) is 11.7 Å². The van der Waals surface area contributed by atoms with E-state index >= 15 is 0 Å². The number of anilines is 2. The number of benzene rings is 1. The second kappa shape index (κ2) is 8.92. The van der Waals surface area contributed by atoms with Crippen LogP contribution in [0, 0.1) is 0 Å². The highest BCUT2D eigenvalue weighted by molar-refractivity contribution is 7.99. The van der Waals surface area contributed by atoms with Crippen molar-refractivity contribution in [3.05, 3.63) is 29.8 Å². The minimum absolute atomic E-state index is 0.0808. The maximum atomic E-state index is 10.8. The molecular weight excluding hydrogens is 340 g/mol. The van der Waals surface area contributed by atoms with Crippen LogP contribution in [0.1, 0.15) is 19.4 Å². The molecule has 5 N–H and O–H groups in total. The molecule has 0 fully saturated rings. The number of rotatable bonds is 9. The van der Waals surface area contributed by atoms with E-state index in [4.69, 9.17) is 11.6 Å². The molecular formula is C15H22N8OS. The Labute approximate surface area is 150 Å². The van der Waals surface area contributed by atoms with Crippen molar-refractivity contribution < 1.29 is 4.79 Å². The zero-order valence-electron chi connectivity index (χ0n) is 14.2. The van der Waals surface area contributed by atoms with Crippen LogP contribution in [0.25, 0.3) is 0 Å². The van der Waals surface area contributed by atoms with Crippen LogP contribution in [0.2, 0.25) is 0 Å². The number of hydrogen-bond acceptors (Lipinski definition) is 8. The Hall–Kier alpha value is -2.75. The Morgan fingerprint density at radius 1 is 1.32 bits per heavy atom. The van der Waals surface area contributed by atoms with E-state index in [0.29, 0.717) is 5.16 Å². The summed E-state index contributed by atoms with van der Waals surface area (Å²) in [5.41, 5.74) is 9.93. The standard InChI is InChI=1S/C15H22N8OS/c1-3-22(4-2)12-7-5-11(6-8-12)9-18-19-14-20-21-15(23(14)17)25-10-13(16)24/h5-9H,3-4,10,17H2,1-2H3,(H2,16,24)(H,19,20)/b18-9+. The molecule has 0 saturated carbocycles. The smallest absolute Gasteiger partial charge is 0.264 e. The van der Waals surface area contributed by atoms with Gasteiger partial charge >= 0.3 is 0 Å². The molecule has 0 saturated heterocycles. The van der Waals surface area contributed by atoms with Crippen molar-refractivity contribution in [2.75, 3.05) is 35.0 Å². The quantitative estimate of drug-likeness (QED) is 0.261. The monoisotopic (exact) mass is 362 g/mol. The summed E-state index contributed by atoms with van der Waals surface area (Å²) < 4.78 is 1.22. The van der Waals surface area contributed by atoms with Gasteiger partial charge in [0.2, 0.25) is 11.1 Å². The van der Waals surface area contributed by atoms with E-state index < -0.39 is 5.91 Å². The van der Waals surface area contributed by atoms with Crippen LogP contribution in [-0.2, 0) is 4.79 Å². The number of nitrogens with one attached hydrogen (secondary N) is 1. The van der Waals surface area contributed by atoms with Crippen molar-refractivity contribution in [1.82, 2.24) is 14.9 Å². The normalized spacial score (nSPS) is 11.0. The average Bonchev–Trinajstić information content (AvgIpc) is 2.95. The topological polar surface area (TPSA) is 127 Å². The van der Waals surface area contributed by atoms with Crippen LogP contribution in [0.4, 0.5) is 11.6 Å². The molecule has 1 aromatic carbocycles. The number of hydrazone groups is 1. The van der Waals surface area contributed by atoms with Gasteiger partial charge in [-0.15, -0.1) is 10.2 Å². The highest BCUT2D eigenvalue weighted by atomic mass is 32.2. The predicted octanol–water partition coefficient (Wildman–Crippen LogP) is 0.862. The molecule has 1 amide bonds. The van der Waals surface area contributed by atoms with E-state index in [2.05, 4.69) is 51.6 Å². The summed E-state index contributed by atoms with van der Waals surface area (Å²) in [6, 6.07) is 8.08. The van der Waals surface area contributed by atoms with Gasteiger partial charge in [-0.05, 0) is 31.5 Å². The Morgan fingerprint density at radius 2 is 2.00 bits per heavy atom. The fourth-order valence-corrected chi connectivity index (χ4v) is 2.71. The van der Waals surface area contributed by atoms with Gasteiger partial charge < -0.3 is 16.5 Å². The third kappa shape index (κ3) is 5.11. The molecule has 2 rings (SSSR count). The van der Waals surface area contributed by atoms with Crippen LogP contribution in [0.5, 0.6) is 0 Å². The number of hydrogen-bond donors (Lipinski definition) is 3. The molecule has 0 aliphatic rings. The van der Waals surface area contributed by atoms with E-state index in [1.165, 1.54) is 10.4 Å². The number of nitrogens with two attached hydrogens (primary N) is 2. The van der Waals surface area contributed by atoms with Gasteiger partial charge in [-0.2, -0.15) is 5.10 Å². The third-order valence-corrected chi connectivity index (χ3v) is 4.37. The predicted molar refractivity (Wildman–Crippen MR) is 101 cm³/mol. The van der Waals surface area contributed by atoms with Crippen molar-refractivity contribution in [2.24, 2.45) is 10.8 Å². The average molecular weight is 362 g/mol. The van der Waals surface area contributed by atoms with Crippen molar-refractivity contribution in [2.45, 2.75) is 19.0 Å². The fourth-order valence-electron chi connectivity index (χ4n) is 2.11. The van der Waals surface area contributed by atoms with E-state index in [1.54, 1.807) is 6.21 Å². The lowest BCUT2D eigenvalue weighted by molar-refractivity contribution is -0.115. The van der Waals surface area contributed by atoms with Crippen molar-refractivity contribution in [3.8, 4) is 0 Å². The van der Waals surface area contributed by atoms with Crippen molar-refractivity contribution in [3.63, 3.8) is 0 Å². The lowest BCUT2D eigenvalue weighted by atomic mass is 10.2. The number of amides is 1. The van der Waals surface area contributed by atoms with Gasteiger partial charge in [-0.1, -0.05) is 23.9 Å². The minimum atomic E-state index is -0.450. The Kier molecular flexibility index (Phi) is 6.63. The number of carbonyl (C=O) groups excluding carboxylic acids is 1. The van der Waals surface area contributed by atoms with Crippen molar-refractivity contribution in [1.29, 1.82) is 0 Å². The van der Waals surface area contributed by atoms with Gasteiger partial charge in [0.25, 0.3) is 5.95 Å². The first-order chi connectivity index (χ1) is 12.0. The molecule has 25 heavy (non-hydrogen) atoms. The molecule has 0 radical (unpaired) electrons. The molecule has 1 heterocycles. The SMILES string of the molecule is CCN(CC)c1ccc(/C=N/Nc2nnc(SCC(N)=O)n2N)cc1. The maximum absolute atomic E-state index is 10.8. The number of aromatic nitrogens is 3. The zero-order chi connectivity index (χ0) is 18.2. The van der Waals surface area contributed by atoms with Gasteiger partial charge in [0.1, 0.15) is 0 Å². The van der Waals surface area contributed by atoms with Crippen molar-refractivity contribution >= 4 is 35.5 Å². The summed E-state index contributed by atoms with van der Waals surface area (Å²) in [6.45, 7) is 6.19. The number of nitrogens with zero attached hydrogens (tertiary/aromatic N) is 5. The van der Waals surface area contributed by atoms with Gasteiger partial charge in [0.05, 0.1) is 12.0 Å². The van der Waals surface area contributed by atoms with Crippen LogP contribution < -0.4 is 21.9 Å². The summed E-state index contributed by atoms with van der Waals surface area (Å²) in [5, 5.41) is 12.2. The summed E-state index contributed by atoms with van der Waals surface area (Å²) in [6.07, 6.45) is 1.66. The largest absolute Gasteiger partial charge is 0.372 e. The minimum Gasteiger partial charge on any atom is -0.372 e. The lowest BCUT2D eigenvalue weighted by Gasteiger charge is -2.20. The lowest BCUT2D eigenvalue weighted by Crippen LogP contribution is -2.21. The van der Waals surface area contributed by atoms with Gasteiger partial charge in [-0.3, -0.25) is 4.79 Å². The molecule has 0 aliphatic heterocycles. The van der Waals surface area contributed by atoms with Crippen LogP contribution >= 0.6 is 11.8 Å². The molecule has 0 spiro atoms. The first-order valence-corrected chi connectivity index (χ1v) is 8.79. The second-order valence-corrected chi connectivity index (χ2v) is 6.01. The summed E-state index contributed by atoms with van der Waals surface area (Å²) in [7, 11) is 0. The molecule has 1 aromatic heterocycles. The summed E-state index contributed by atoms with van der Waals surface area (Å²) in [4.78, 5) is 13.1. The molecule has 0 aliphatic carbocycles. The number of nitrogen functional groups attached to an aromatic ring is 1. The molecule has 9 nitrogen and oxygen atoms in total. The van der Waals surface area contributed by atoms with Gasteiger partial charge in [-0.25, -0.2) is 10.1 Å². The number of primary amides is 1. The van der Waals surface area contributed by atoms with E-state index in [1.807, 2.05) is 12.1 Å². The van der Waals surface area contributed by atoms with Gasteiger partial charge in [0.15, 0.2) is 0 Å². The Morgan fingerprint density at radius 3 is 2.60 bits per heavy atom. The highest BCUT2D eigenvalue weighted by Gasteiger charge is 2.10.